The smallest absolute Gasteiger partial charge is 0.128 e. The molecule has 32 heavy (non-hydrogen) atoms. The predicted octanol–water partition coefficient (Wildman–Crippen LogP) is 6.10. The number of hydrogen-bond acceptors (Lipinski definition) is 5. The van der Waals surface area contributed by atoms with Crippen LogP contribution in [-0.2, 0) is 12.8 Å². The highest BCUT2D eigenvalue weighted by Gasteiger charge is 2.04. The van der Waals surface area contributed by atoms with E-state index in [1.54, 1.807) is 7.11 Å². The van der Waals surface area contributed by atoms with Gasteiger partial charge in [0.1, 0.15) is 11.6 Å². The number of hydrogen-bond donors (Lipinski definition) is 1. The first-order valence-electron chi connectivity index (χ1n) is 10.9. The molecule has 2 aromatic heterocycles. The monoisotopic (exact) mass is 446 g/mol. The van der Waals surface area contributed by atoms with Gasteiger partial charge >= 0.3 is 0 Å². The normalized spacial score (nSPS) is 10.9. The highest BCUT2D eigenvalue weighted by Crippen LogP contribution is 2.24. The van der Waals surface area contributed by atoms with Crippen molar-refractivity contribution in [3.8, 4) is 5.75 Å². The quantitative estimate of drug-likeness (QED) is 0.298. The summed E-state index contributed by atoms with van der Waals surface area (Å²) in [5.74, 6) is 1.79. The standard InChI is InChI=1S/C26H27ClN4O/c1-32-22-9-6-19(7-10-22)17-21-12-15-30-26(31-21)5-3-2-4-14-28-24-13-16-29-25-18-20(27)8-11-23(24)25/h6-13,15-16,18H,2-5,14,17H2,1H3,(H,28,29). The van der Waals surface area contributed by atoms with Gasteiger partial charge in [0.2, 0.25) is 0 Å². The Labute approximate surface area is 193 Å². The van der Waals surface area contributed by atoms with Crippen molar-refractivity contribution in [2.45, 2.75) is 32.1 Å². The van der Waals surface area contributed by atoms with E-state index >= 15 is 0 Å². The number of rotatable bonds is 10. The van der Waals surface area contributed by atoms with E-state index in [0.717, 1.165) is 72.5 Å². The number of nitrogens with one attached hydrogen (secondary N) is 1. The van der Waals surface area contributed by atoms with Gasteiger partial charge in [-0.15, -0.1) is 0 Å². The second-order valence-electron chi connectivity index (χ2n) is 7.75. The Morgan fingerprint density at radius 1 is 0.906 bits per heavy atom. The summed E-state index contributed by atoms with van der Waals surface area (Å²) in [6.07, 6.45) is 8.65. The van der Waals surface area contributed by atoms with Crippen molar-refractivity contribution < 1.29 is 4.74 Å². The second kappa shape index (κ2) is 10.9. The van der Waals surface area contributed by atoms with Crippen LogP contribution in [0.25, 0.3) is 10.9 Å². The molecule has 0 aliphatic heterocycles. The van der Waals surface area contributed by atoms with Gasteiger partial charge in [-0.3, -0.25) is 4.98 Å². The number of aromatic nitrogens is 3. The molecule has 0 saturated heterocycles. The van der Waals surface area contributed by atoms with E-state index in [4.69, 9.17) is 21.3 Å². The van der Waals surface area contributed by atoms with E-state index in [1.165, 1.54) is 5.56 Å². The SMILES string of the molecule is COc1ccc(Cc2ccnc(CCCCCNc3ccnc4cc(Cl)ccc34)n2)cc1. The van der Waals surface area contributed by atoms with Gasteiger partial charge in [0.25, 0.3) is 0 Å². The van der Waals surface area contributed by atoms with Crippen molar-refractivity contribution in [1.82, 2.24) is 15.0 Å². The lowest BCUT2D eigenvalue weighted by atomic mass is 10.1. The highest BCUT2D eigenvalue weighted by molar-refractivity contribution is 6.31. The van der Waals surface area contributed by atoms with Gasteiger partial charge in [0.05, 0.1) is 12.6 Å². The molecular formula is C26H27ClN4O. The maximum atomic E-state index is 6.07. The largest absolute Gasteiger partial charge is 0.497 e. The molecule has 0 unspecified atom stereocenters. The van der Waals surface area contributed by atoms with Crippen molar-refractivity contribution in [2.75, 3.05) is 19.0 Å². The first-order valence-corrected chi connectivity index (χ1v) is 11.3. The molecule has 0 bridgehead atoms. The van der Waals surface area contributed by atoms with Crippen LogP contribution >= 0.6 is 11.6 Å². The average Bonchev–Trinajstić information content (AvgIpc) is 2.82. The first-order chi connectivity index (χ1) is 15.7. The molecule has 164 valence electrons. The van der Waals surface area contributed by atoms with Crippen molar-refractivity contribution >= 4 is 28.2 Å². The van der Waals surface area contributed by atoms with Gasteiger partial charge in [-0.25, -0.2) is 9.97 Å². The molecule has 2 heterocycles. The Hall–Kier alpha value is -3.18. The highest BCUT2D eigenvalue weighted by atomic mass is 35.5. The van der Waals surface area contributed by atoms with Crippen molar-refractivity contribution in [1.29, 1.82) is 0 Å². The fourth-order valence-corrected chi connectivity index (χ4v) is 3.86. The van der Waals surface area contributed by atoms with Gasteiger partial charge in [-0.05, 0) is 60.9 Å². The van der Waals surface area contributed by atoms with E-state index < -0.39 is 0 Å². The van der Waals surface area contributed by atoms with E-state index in [-0.39, 0.29) is 0 Å². The van der Waals surface area contributed by atoms with Crippen molar-refractivity contribution in [3.63, 3.8) is 0 Å². The summed E-state index contributed by atoms with van der Waals surface area (Å²) in [6.45, 7) is 0.917. The summed E-state index contributed by atoms with van der Waals surface area (Å²) in [5.41, 5.74) is 4.27. The van der Waals surface area contributed by atoms with E-state index in [2.05, 4.69) is 27.4 Å². The molecule has 0 radical (unpaired) electrons. The Bertz CT molecular complexity index is 1160. The Morgan fingerprint density at radius 3 is 2.59 bits per heavy atom. The van der Waals surface area contributed by atoms with Crippen molar-refractivity contribution in [2.24, 2.45) is 0 Å². The lowest BCUT2D eigenvalue weighted by Gasteiger charge is -2.09. The summed E-state index contributed by atoms with van der Waals surface area (Å²) in [6, 6.07) is 17.9. The fraction of sp³-hybridized carbons (Fsp3) is 0.269. The molecule has 5 nitrogen and oxygen atoms in total. The third-order valence-electron chi connectivity index (χ3n) is 5.40. The molecule has 0 aliphatic carbocycles. The third-order valence-corrected chi connectivity index (χ3v) is 5.64. The van der Waals surface area contributed by atoms with Crippen molar-refractivity contribution in [3.05, 3.63) is 89.1 Å². The number of aryl methyl sites for hydroxylation is 1. The van der Waals surface area contributed by atoms with E-state index in [0.29, 0.717) is 5.02 Å². The average molecular weight is 447 g/mol. The van der Waals surface area contributed by atoms with Crippen LogP contribution in [0.2, 0.25) is 5.02 Å². The molecule has 0 amide bonds. The molecule has 0 fully saturated rings. The van der Waals surface area contributed by atoms with E-state index in [9.17, 15) is 0 Å². The first kappa shape index (κ1) is 22.0. The predicted molar refractivity (Wildman–Crippen MR) is 131 cm³/mol. The van der Waals surface area contributed by atoms with Gasteiger partial charge in [0, 0.05) is 53.6 Å². The summed E-state index contributed by atoms with van der Waals surface area (Å²) >= 11 is 6.07. The second-order valence-corrected chi connectivity index (χ2v) is 8.18. The lowest BCUT2D eigenvalue weighted by Crippen LogP contribution is -2.03. The van der Waals surface area contributed by atoms with Gasteiger partial charge in [-0.2, -0.15) is 0 Å². The molecule has 4 aromatic rings. The minimum atomic E-state index is 0.706. The number of unbranched alkanes of at least 4 members (excludes halogenated alkanes) is 2. The maximum absolute atomic E-state index is 6.07. The molecule has 2 aromatic carbocycles. The topological polar surface area (TPSA) is 59.9 Å². The summed E-state index contributed by atoms with van der Waals surface area (Å²) < 4.78 is 5.22. The van der Waals surface area contributed by atoms with Crippen LogP contribution in [0.4, 0.5) is 5.69 Å². The Kier molecular flexibility index (Phi) is 7.51. The molecular weight excluding hydrogens is 420 g/mol. The van der Waals surface area contributed by atoms with Crippen LogP contribution in [0.3, 0.4) is 0 Å². The third kappa shape index (κ3) is 5.95. The minimum absolute atomic E-state index is 0.706. The molecule has 0 atom stereocenters. The lowest BCUT2D eigenvalue weighted by molar-refractivity contribution is 0.414. The number of pyridine rings is 1. The molecule has 0 saturated carbocycles. The van der Waals surface area contributed by atoms with Crippen LogP contribution in [0.1, 0.15) is 36.3 Å². The van der Waals surface area contributed by atoms with Gasteiger partial charge < -0.3 is 10.1 Å². The van der Waals surface area contributed by atoms with Crippen LogP contribution < -0.4 is 10.1 Å². The number of fused-ring (bicyclic) bond motifs is 1. The van der Waals surface area contributed by atoms with Crippen LogP contribution in [0.15, 0.2) is 67.0 Å². The molecule has 0 spiro atoms. The summed E-state index contributed by atoms with van der Waals surface area (Å²) in [4.78, 5) is 13.6. The zero-order chi connectivity index (χ0) is 22.2. The number of anilines is 1. The number of nitrogens with zero attached hydrogens (tertiary/aromatic N) is 3. The fourth-order valence-electron chi connectivity index (χ4n) is 3.70. The van der Waals surface area contributed by atoms with Crippen LogP contribution in [0, 0.1) is 0 Å². The Balaban J connectivity index is 1.22. The molecule has 1 N–H and O–H groups in total. The van der Waals surface area contributed by atoms with Crippen LogP contribution in [0.5, 0.6) is 5.75 Å². The number of benzene rings is 2. The van der Waals surface area contributed by atoms with Crippen LogP contribution in [-0.4, -0.2) is 28.6 Å². The Morgan fingerprint density at radius 2 is 1.75 bits per heavy atom. The van der Waals surface area contributed by atoms with Gasteiger partial charge in [0.15, 0.2) is 0 Å². The summed E-state index contributed by atoms with van der Waals surface area (Å²) in [5, 5.41) is 5.33. The van der Waals surface area contributed by atoms with Gasteiger partial charge in [-0.1, -0.05) is 30.2 Å². The van der Waals surface area contributed by atoms with E-state index in [1.807, 2.05) is 54.9 Å². The maximum Gasteiger partial charge on any atom is 0.128 e. The molecule has 4 rings (SSSR count). The number of methoxy groups -OCH3 is 1. The molecule has 6 heteroatoms. The summed E-state index contributed by atoms with van der Waals surface area (Å²) in [7, 11) is 1.68. The number of halogens is 1. The molecule has 0 aliphatic rings. The zero-order valence-electron chi connectivity index (χ0n) is 18.2. The zero-order valence-corrected chi connectivity index (χ0v) is 19.0. The minimum Gasteiger partial charge on any atom is -0.497 e. The number of ether oxygens (including phenoxy) is 1.